The molecule has 6 nitrogen and oxygen atoms in total. The van der Waals surface area contributed by atoms with Crippen molar-refractivity contribution in [2.75, 3.05) is 20.2 Å². The topological polar surface area (TPSA) is 72.6 Å². The van der Waals surface area contributed by atoms with Crippen LogP contribution in [-0.4, -0.2) is 42.0 Å². The number of hydrogen-bond donors (Lipinski definition) is 0. The standard InChI is InChI=1S/C19H20F2N2O4/c1-26-19(25)12-6-8-23(9-7-12)18(24)5-4-17-22-11-16(27-17)14-3-2-13(20)10-15(14)21/h2-3,10-12H,4-9H2,1H3. The third-order valence-electron chi connectivity index (χ3n) is 4.69. The van der Waals surface area contributed by atoms with Gasteiger partial charge in [0.15, 0.2) is 11.7 Å². The van der Waals surface area contributed by atoms with Gasteiger partial charge in [-0.3, -0.25) is 9.59 Å². The molecule has 1 aromatic carbocycles. The van der Waals surface area contributed by atoms with Crippen molar-refractivity contribution >= 4 is 11.9 Å². The number of halogens is 2. The van der Waals surface area contributed by atoms with Crippen LogP contribution < -0.4 is 0 Å². The first-order chi connectivity index (χ1) is 13.0. The summed E-state index contributed by atoms with van der Waals surface area (Å²) in [6.45, 7) is 1.02. The zero-order valence-electron chi connectivity index (χ0n) is 14.9. The highest BCUT2D eigenvalue weighted by Crippen LogP contribution is 2.25. The van der Waals surface area contributed by atoms with E-state index >= 15 is 0 Å². The molecule has 3 rings (SSSR count). The molecular formula is C19H20F2N2O4. The molecule has 0 N–H and O–H groups in total. The third-order valence-corrected chi connectivity index (χ3v) is 4.69. The van der Waals surface area contributed by atoms with Gasteiger partial charge in [-0.25, -0.2) is 13.8 Å². The quantitative estimate of drug-likeness (QED) is 0.748. The lowest BCUT2D eigenvalue weighted by Crippen LogP contribution is -2.40. The number of carbonyl (C=O) groups is 2. The van der Waals surface area contributed by atoms with Gasteiger partial charge in [-0.05, 0) is 25.0 Å². The fraction of sp³-hybridized carbons (Fsp3) is 0.421. The van der Waals surface area contributed by atoms with Crippen LogP contribution in [0.4, 0.5) is 8.78 Å². The van der Waals surface area contributed by atoms with Crippen LogP contribution in [0, 0.1) is 17.6 Å². The van der Waals surface area contributed by atoms with E-state index in [1.165, 1.54) is 19.4 Å². The van der Waals surface area contributed by atoms with Crippen LogP contribution in [0.5, 0.6) is 0 Å². The lowest BCUT2D eigenvalue weighted by atomic mass is 9.97. The second kappa shape index (κ2) is 8.28. The molecule has 0 spiro atoms. The van der Waals surface area contributed by atoms with E-state index in [9.17, 15) is 18.4 Å². The molecule has 27 heavy (non-hydrogen) atoms. The summed E-state index contributed by atoms with van der Waals surface area (Å²) in [4.78, 5) is 29.6. The zero-order valence-corrected chi connectivity index (χ0v) is 14.9. The molecule has 1 fully saturated rings. The van der Waals surface area contributed by atoms with Crippen molar-refractivity contribution in [2.45, 2.75) is 25.7 Å². The van der Waals surface area contributed by atoms with Gasteiger partial charge in [0, 0.05) is 32.0 Å². The maximum atomic E-state index is 13.8. The van der Waals surface area contributed by atoms with Crippen LogP contribution in [0.25, 0.3) is 11.3 Å². The van der Waals surface area contributed by atoms with Gasteiger partial charge in [-0.2, -0.15) is 0 Å². The number of nitrogens with zero attached hydrogens (tertiary/aromatic N) is 2. The first kappa shape index (κ1) is 19.0. The number of rotatable bonds is 5. The minimum Gasteiger partial charge on any atom is -0.469 e. The molecular weight excluding hydrogens is 358 g/mol. The van der Waals surface area contributed by atoms with E-state index in [1.807, 2.05) is 0 Å². The summed E-state index contributed by atoms with van der Waals surface area (Å²) in [7, 11) is 1.36. The number of piperidine rings is 1. The molecule has 0 bridgehead atoms. The Hall–Kier alpha value is -2.77. The minimum atomic E-state index is -0.734. The number of carbonyl (C=O) groups excluding carboxylic acids is 2. The Bertz CT molecular complexity index is 829. The molecule has 0 unspecified atom stereocenters. The molecule has 2 heterocycles. The Morgan fingerprint density at radius 2 is 2.04 bits per heavy atom. The Kier molecular flexibility index (Phi) is 5.83. The maximum absolute atomic E-state index is 13.8. The van der Waals surface area contributed by atoms with Crippen molar-refractivity contribution in [1.29, 1.82) is 0 Å². The molecule has 0 atom stereocenters. The minimum absolute atomic E-state index is 0.0500. The van der Waals surface area contributed by atoms with Crippen LogP contribution in [0.1, 0.15) is 25.2 Å². The van der Waals surface area contributed by atoms with E-state index < -0.39 is 11.6 Å². The fourth-order valence-electron chi connectivity index (χ4n) is 3.14. The molecule has 1 aromatic heterocycles. The molecule has 1 aliphatic heterocycles. The summed E-state index contributed by atoms with van der Waals surface area (Å²) in [6, 6.07) is 3.20. The van der Waals surface area contributed by atoms with Crippen molar-refractivity contribution in [2.24, 2.45) is 5.92 Å². The van der Waals surface area contributed by atoms with Gasteiger partial charge in [-0.1, -0.05) is 0 Å². The predicted octanol–water partition coefficient (Wildman–Crippen LogP) is 2.96. The second-order valence-electron chi connectivity index (χ2n) is 6.42. The Balaban J connectivity index is 1.53. The fourth-order valence-corrected chi connectivity index (χ4v) is 3.14. The third kappa shape index (κ3) is 4.50. The molecule has 1 aliphatic rings. The van der Waals surface area contributed by atoms with Gasteiger partial charge in [0.2, 0.25) is 5.91 Å². The molecule has 1 saturated heterocycles. The number of esters is 1. The summed E-state index contributed by atoms with van der Waals surface area (Å²) in [5.74, 6) is -1.34. The first-order valence-corrected chi connectivity index (χ1v) is 8.73. The Morgan fingerprint density at radius 3 is 2.70 bits per heavy atom. The van der Waals surface area contributed by atoms with Gasteiger partial charge in [-0.15, -0.1) is 0 Å². The van der Waals surface area contributed by atoms with Gasteiger partial charge < -0.3 is 14.1 Å². The van der Waals surface area contributed by atoms with Gasteiger partial charge in [0.25, 0.3) is 0 Å². The molecule has 2 aromatic rings. The van der Waals surface area contributed by atoms with E-state index in [4.69, 9.17) is 9.15 Å². The first-order valence-electron chi connectivity index (χ1n) is 8.73. The number of ether oxygens (including phenoxy) is 1. The van der Waals surface area contributed by atoms with Crippen LogP contribution in [-0.2, 0) is 20.7 Å². The summed E-state index contributed by atoms with van der Waals surface area (Å²) >= 11 is 0. The summed E-state index contributed by atoms with van der Waals surface area (Å²) in [6.07, 6.45) is 3.02. The predicted molar refractivity (Wildman–Crippen MR) is 91.5 cm³/mol. The summed E-state index contributed by atoms with van der Waals surface area (Å²) in [5.41, 5.74) is 0.117. The molecule has 0 radical (unpaired) electrons. The normalized spacial score (nSPS) is 15.0. The zero-order chi connectivity index (χ0) is 19.4. The van der Waals surface area contributed by atoms with E-state index in [0.717, 1.165) is 12.1 Å². The second-order valence-corrected chi connectivity index (χ2v) is 6.42. The van der Waals surface area contributed by atoms with Gasteiger partial charge in [0.05, 0.1) is 24.8 Å². The number of aromatic nitrogens is 1. The molecule has 144 valence electrons. The summed E-state index contributed by atoms with van der Waals surface area (Å²) < 4.78 is 37.0. The van der Waals surface area contributed by atoms with Crippen molar-refractivity contribution in [3.63, 3.8) is 0 Å². The van der Waals surface area contributed by atoms with E-state index in [1.54, 1.807) is 4.90 Å². The average Bonchev–Trinajstić information content (AvgIpc) is 3.14. The van der Waals surface area contributed by atoms with E-state index in [2.05, 4.69) is 4.98 Å². The van der Waals surface area contributed by atoms with Crippen molar-refractivity contribution in [3.05, 3.63) is 41.9 Å². The largest absolute Gasteiger partial charge is 0.469 e. The lowest BCUT2D eigenvalue weighted by molar-refractivity contribution is -0.148. The maximum Gasteiger partial charge on any atom is 0.308 e. The Morgan fingerprint density at radius 1 is 1.30 bits per heavy atom. The number of aryl methyl sites for hydroxylation is 1. The smallest absolute Gasteiger partial charge is 0.308 e. The number of methoxy groups -OCH3 is 1. The van der Waals surface area contributed by atoms with Crippen molar-refractivity contribution in [3.8, 4) is 11.3 Å². The van der Waals surface area contributed by atoms with Crippen molar-refractivity contribution in [1.82, 2.24) is 9.88 Å². The SMILES string of the molecule is COC(=O)C1CCN(C(=O)CCc2ncc(-c3ccc(F)cc3F)o2)CC1. The van der Waals surface area contributed by atoms with Crippen LogP contribution in [0.15, 0.2) is 28.8 Å². The number of likely N-dealkylation sites (tertiary alicyclic amines) is 1. The number of benzene rings is 1. The highest BCUT2D eigenvalue weighted by atomic mass is 19.1. The molecule has 0 aliphatic carbocycles. The van der Waals surface area contributed by atoms with E-state index in [0.29, 0.717) is 31.8 Å². The molecule has 8 heteroatoms. The van der Waals surface area contributed by atoms with E-state index in [-0.39, 0.29) is 42.0 Å². The molecule has 0 saturated carbocycles. The Labute approximate surface area is 155 Å². The van der Waals surface area contributed by atoms with Crippen LogP contribution >= 0.6 is 0 Å². The average molecular weight is 378 g/mol. The van der Waals surface area contributed by atoms with Gasteiger partial charge >= 0.3 is 5.97 Å². The monoisotopic (exact) mass is 378 g/mol. The number of amides is 1. The molecule has 1 amide bonds. The number of oxazole rings is 1. The highest BCUT2D eigenvalue weighted by Gasteiger charge is 2.27. The van der Waals surface area contributed by atoms with Crippen molar-refractivity contribution < 1.29 is 27.5 Å². The van der Waals surface area contributed by atoms with Crippen LogP contribution in [0.3, 0.4) is 0 Å². The number of hydrogen-bond acceptors (Lipinski definition) is 5. The van der Waals surface area contributed by atoms with Crippen LogP contribution in [0.2, 0.25) is 0 Å². The lowest BCUT2D eigenvalue weighted by Gasteiger charge is -2.30. The highest BCUT2D eigenvalue weighted by molar-refractivity contribution is 5.77. The summed E-state index contributed by atoms with van der Waals surface area (Å²) in [5, 5.41) is 0. The van der Waals surface area contributed by atoms with Gasteiger partial charge in [0.1, 0.15) is 11.6 Å².